The van der Waals surface area contributed by atoms with E-state index in [4.69, 9.17) is 16.0 Å². The Balaban J connectivity index is 1.69. The predicted molar refractivity (Wildman–Crippen MR) is 88.5 cm³/mol. The second kappa shape index (κ2) is 8.36. The first-order chi connectivity index (χ1) is 11.1. The number of benzene rings is 1. The Morgan fingerprint density at radius 2 is 2.04 bits per heavy atom. The van der Waals surface area contributed by atoms with Crippen molar-refractivity contribution >= 4 is 29.1 Å². The third kappa shape index (κ3) is 5.43. The van der Waals surface area contributed by atoms with Gasteiger partial charge < -0.3 is 20.4 Å². The number of hydrogen-bond acceptors (Lipinski definition) is 4. The first-order valence-electron chi connectivity index (χ1n) is 7.15. The van der Waals surface area contributed by atoms with Gasteiger partial charge in [0, 0.05) is 30.7 Å². The molecule has 0 radical (unpaired) electrons. The molecule has 0 unspecified atom stereocenters. The van der Waals surface area contributed by atoms with Crippen LogP contribution in [0.15, 0.2) is 40.8 Å². The molecule has 3 N–H and O–H groups in total. The maximum absolute atomic E-state index is 11.8. The van der Waals surface area contributed by atoms with Crippen LogP contribution in [0.5, 0.6) is 0 Å². The van der Waals surface area contributed by atoms with E-state index in [1.807, 2.05) is 0 Å². The Kier molecular flexibility index (Phi) is 6.19. The summed E-state index contributed by atoms with van der Waals surface area (Å²) in [4.78, 5) is 23.2. The average molecular weight is 336 g/mol. The fourth-order valence-corrected chi connectivity index (χ4v) is 2.11. The molecule has 0 aliphatic heterocycles. The zero-order valence-corrected chi connectivity index (χ0v) is 13.4. The molecule has 7 heteroatoms. The zero-order chi connectivity index (χ0) is 16.7. The molecule has 2 rings (SSSR count). The van der Waals surface area contributed by atoms with Crippen LogP contribution in [-0.2, 0) is 11.3 Å². The van der Waals surface area contributed by atoms with Crippen LogP contribution in [0.2, 0.25) is 5.02 Å². The summed E-state index contributed by atoms with van der Waals surface area (Å²) in [7, 11) is 1.54. The Labute approximate surface area is 139 Å². The highest BCUT2D eigenvalue weighted by Gasteiger charge is 2.09. The number of halogens is 1. The van der Waals surface area contributed by atoms with E-state index in [1.54, 1.807) is 43.4 Å². The lowest BCUT2D eigenvalue weighted by atomic mass is 10.3. The number of furan rings is 1. The van der Waals surface area contributed by atoms with E-state index in [2.05, 4.69) is 16.0 Å². The summed E-state index contributed by atoms with van der Waals surface area (Å²) in [5, 5.41) is 8.92. The molecule has 122 valence electrons. The molecule has 1 aromatic carbocycles. The number of rotatable bonds is 7. The normalized spacial score (nSPS) is 10.3. The third-order valence-electron chi connectivity index (χ3n) is 3.05. The van der Waals surface area contributed by atoms with Gasteiger partial charge in [-0.25, -0.2) is 0 Å². The molecule has 0 aliphatic carbocycles. The summed E-state index contributed by atoms with van der Waals surface area (Å²) in [6.45, 7) is 0.934. The minimum atomic E-state index is -0.267. The predicted octanol–water partition coefficient (Wildman–Crippen LogP) is 2.41. The van der Waals surface area contributed by atoms with Crippen molar-refractivity contribution in [1.82, 2.24) is 10.6 Å². The van der Waals surface area contributed by atoms with Gasteiger partial charge in [0.1, 0.15) is 5.76 Å². The van der Waals surface area contributed by atoms with Gasteiger partial charge in [0.05, 0.1) is 6.54 Å². The van der Waals surface area contributed by atoms with Crippen LogP contribution in [-0.4, -0.2) is 25.4 Å². The summed E-state index contributed by atoms with van der Waals surface area (Å²) in [5.74, 6) is 0.532. The highest BCUT2D eigenvalue weighted by Crippen LogP contribution is 2.14. The second-order valence-corrected chi connectivity index (χ2v) is 5.27. The molecule has 0 bridgehead atoms. The number of hydrogen-bond donors (Lipinski definition) is 3. The van der Waals surface area contributed by atoms with Crippen molar-refractivity contribution in [3.63, 3.8) is 0 Å². The van der Waals surface area contributed by atoms with Crippen LogP contribution in [0.1, 0.15) is 22.7 Å². The van der Waals surface area contributed by atoms with Crippen molar-refractivity contribution < 1.29 is 14.0 Å². The molecule has 0 saturated carbocycles. The van der Waals surface area contributed by atoms with E-state index >= 15 is 0 Å². The third-order valence-corrected chi connectivity index (χ3v) is 3.28. The molecule has 0 aliphatic rings. The first-order valence-corrected chi connectivity index (χ1v) is 7.53. The van der Waals surface area contributed by atoms with Gasteiger partial charge in [0.15, 0.2) is 5.76 Å². The summed E-state index contributed by atoms with van der Waals surface area (Å²) in [6, 6.07) is 10.3. The van der Waals surface area contributed by atoms with Crippen LogP contribution >= 0.6 is 11.6 Å². The lowest BCUT2D eigenvalue weighted by molar-refractivity contribution is -0.116. The van der Waals surface area contributed by atoms with E-state index in [0.29, 0.717) is 36.0 Å². The Hall–Kier alpha value is -2.31. The number of nitrogens with one attached hydrogen (secondary N) is 3. The first kappa shape index (κ1) is 17.1. The van der Waals surface area contributed by atoms with E-state index < -0.39 is 0 Å². The second-order valence-electron chi connectivity index (χ2n) is 4.83. The van der Waals surface area contributed by atoms with Crippen molar-refractivity contribution in [2.24, 2.45) is 0 Å². The quantitative estimate of drug-likeness (QED) is 0.678. The minimum Gasteiger partial charge on any atom is -0.455 e. The number of carbonyl (C=O) groups excluding carboxylic acids is 2. The standard InChI is InChI=1S/C16H18ClN3O3/c1-18-16(22)14-6-5-13(23-14)10-19-8-7-15(21)20-12-4-2-3-11(17)9-12/h2-6,9,19H,7-8,10H2,1H3,(H,18,22)(H,20,21). The summed E-state index contributed by atoms with van der Waals surface area (Å²) in [6.07, 6.45) is 0.315. The van der Waals surface area contributed by atoms with Gasteiger partial charge in [-0.1, -0.05) is 17.7 Å². The van der Waals surface area contributed by atoms with E-state index in [0.717, 1.165) is 0 Å². The van der Waals surface area contributed by atoms with Gasteiger partial charge in [0.2, 0.25) is 5.91 Å². The molecule has 0 atom stereocenters. The van der Waals surface area contributed by atoms with Crippen LogP contribution in [0.3, 0.4) is 0 Å². The largest absolute Gasteiger partial charge is 0.455 e. The van der Waals surface area contributed by atoms with Crippen LogP contribution in [0, 0.1) is 0 Å². The molecule has 2 amide bonds. The lowest BCUT2D eigenvalue weighted by Gasteiger charge is -2.06. The van der Waals surface area contributed by atoms with Crippen LogP contribution < -0.4 is 16.0 Å². The maximum Gasteiger partial charge on any atom is 0.286 e. The summed E-state index contributed by atoms with van der Waals surface area (Å²) >= 11 is 5.86. The fourth-order valence-electron chi connectivity index (χ4n) is 1.92. The topological polar surface area (TPSA) is 83.4 Å². The molecule has 23 heavy (non-hydrogen) atoms. The fraction of sp³-hybridized carbons (Fsp3) is 0.250. The monoisotopic (exact) mass is 335 g/mol. The van der Waals surface area contributed by atoms with Gasteiger partial charge in [0.25, 0.3) is 5.91 Å². The van der Waals surface area contributed by atoms with E-state index in [1.165, 1.54) is 0 Å². The molecule has 0 saturated heterocycles. The number of amides is 2. The van der Waals surface area contributed by atoms with E-state index in [9.17, 15) is 9.59 Å². The molecule has 2 aromatic rings. The Morgan fingerprint density at radius 1 is 1.22 bits per heavy atom. The molecular weight excluding hydrogens is 318 g/mol. The lowest BCUT2D eigenvalue weighted by Crippen LogP contribution is -2.21. The van der Waals surface area contributed by atoms with Crippen LogP contribution in [0.25, 0.3) is 0 Å². The minimum absolute atomic E-state index is 0.106. The van der Waals surface area contributed by atoms with Crippen molar-refractivity contribution in [2.45, 2.75) is 13.0 Å². The SMILES string of the molecule is CNC(=O)c1ccc(CNCCC(=O)Nc2cccc(Cl)c2)o1. The number of anilines is 1. The van der Waals surface area contributed by atoms with Crippen LogP contribution in [0.4, 0.5) is 5.69 Å². The van der Waals surface area contributed by atoms with E-state index in [-0.39, 0.29) is 17.6 Å². The maximum atomic E-state index is 11.8. The molecule has 0 spiro atoms. The summed E-state index contributed by atoms with van der Waals surface area (Å²) in [5.41, 5.74) is 0.670. The highest BCUT2D eigenvalue weighted by molar-refractivity contribution is 6.30. The van der Waals surface area contributed by atoms with Crippen molar-refractivity contribution in [3.05, 3.63) is 52.9 Å². The van der Waals surface area contributed by atoms with Crippen molar-refractivity contribution in [1.29, 1.82) is 0 Å². The molecule has 1 heterocycles. The Bertz CT molecular complexity index is 685. The van der Waals surface area contributed by atoms with Gasteiger partial charge in [-0.15, -0.1) is 0 Å². The number of carbonyl (C=O) groups is 2. The Morgan fingerprint density at radius 3 is 2.78 bits per heavy atom. The van der Waals surface area contributed by atoms with Crippen molar-refractivity contribution in [2.75, 3.05) is 18.9 Å². The molecule has 1 aromatic heterocycles. The average Bonchev–Trinajstić information content (AvgIpc) is 3.00. The summed E-state index contributed by atoms with van der Waals surface area (Å²) < 4.78 is 5.36. The molecular formula is C16H18ClN3O3. The molecule has 6 nitrogen and oxygen atoms in total. The zero-order valence-electron chi connectivity index (χ0n) is 12.7. The van der Waals surface area contributed by atoms with Gasteiger partial charge >= 0.3 is 0 Å². The molecule has 0 fully saturated rings. The smallest absolute Gasteiger partial charge is 0.286 e. The van der Waals surface area contributed by atoms with Gasteiger partial charge in [-0.3, -0.25) is 9.59 Å². The van der Waals surface area contributed by atoms with Gasteiger partial charge in [-0.2, -0.15) is 0 Å². The van der Waals surface area contributed by atoms with Gasteiger partial charge in [-0.05, 0) is 30.3 Å². The highest BCUT2D eigenvalue weighted by atomic mass is 35.5. The van der Waals surface area contributed by atoms with Crippen molar-refractivity contribution in [3.8, 4) is 0 Å².